The standard InChI is InChI=1S/C12H20N2O/c1-5-10(4)15-12-11(7-13)8(2)6-9(3)14-12/h6,10H,5,7,13H2,1-4H3. The molecule has 0 spiro atoms. The van der Waals surface area contributed by atoms with E-state index in [9.17, 15) is 0 Å². The Morgan fingerprint density at radius 2 is 2.13 bits per heavy atom. The Labute approximate surface area is 91.7 Å². The zero-order valence-corrected chi connectivity index (χ0v) is 10.0. The van der Waals surface area contributed by atoms with Gasteiger partial charge < -0.3 is 10.5 Å². The highest BCUT2D eigenvalue weighted by molar-refractivity contribution is 5.35. The lowest BCUT2D eigenvalue weighted by Gasteiger charge is -2.16. The molecule has 0 radical (unpaired) electrons. The van der Waals surface area contributed by atoms with E-state index in [1.54, 1.807) is 0 Å². The molecule has 0 saturated carbocycles. The molecule has 3 heteroatoms. The first-order chi connectivity index (χ1) is 7.08. The molecule has 1 aromatic heterocycles. The molecule has 0 saturated heterocycles. The fourth-order valence-electron chi connectivity index (χ4n) is 1.45. The average molecular weight is 208 g/mol. The molecule has 0 bridgehead atoms. The van der Waals surface area contributed by atoms with E-state index < -0.39 is 0 Å². The van der Waals surface area contributed by atoms with E-state index in [2.05, 4.69) is 11.9 Å². The summed E-state index contributed by atoms with van der Waals surface area (Å²) in [5, 5.41) is 0. The Morgan fingerprint density at radius 1 is 1.47 bits per heavy atom. The molecule has 2 N–H and O–H groups in total. The van der Waals surface area contributed by atoms with Gasteiger partial charge in [-0.1, -0.05) is 6.92 Å². The van der Waals surface area contributed by atoms with E-state index in [1.807, 2.05) is 26.8 Å². The Kier molecular flexibility index (Phi) is 4.09. The molecule has 1 unspecified atom stereocenters. The molecule has 1 rings (SSSR count). The number of nitrogens with zero attached hydrogens (tertiary/aromatic N) is 1. The van der Waals surface area contributed by atoms with Crippen molar-refractivity contribution in [3.05, 3.63) is 22.9 Å². The van der Waals surface area contributed by atoms with Crippen molar-refractivity contribution in [2.45, 2.75) is 46.8 Å². The molecule has 0 fully saturated rings. The Bertz CT molecular complexity index is 337. The molecule has 15 heavy (non-hydrogen) atoms. The molecule has 1 aromatic rings. The summed E-state index contributed by atoms with van der Waals surface area (Å²) in [6, 6.07) is 2.03. The third-order valence-electron chi connectivity index (χ3n) is 2.53. The second-order valence-corrected chi connectivity index (χ2v) is 3.91. The van der Waals surface area contributed by atoms with Crippen LogP contribution in [0.25, 0.3) is 0 Å². The van der Waals surface area contributed by atoms with Crippen molar-refractivity contribution in [1.29, 1.82) is 0 Å². The van der Waals surface area contributed by atoms with Gasteiger partial charge in [-0.25, -0.2) is 4.98 Å². The maximum Gasteiger partial charge on any atom is 0.218 e. The van der Waals surface area contributed by atoms with Crippen LogP contribution in [0.15, 0.2) is 6.07 Å². The van der Waals surface area contributed by atoms with Gasteiger partial charge in [-0.15, -0.1) is 0 Å². The van der Waals surface area contributed by atoms with Gasteiger partial charge in [0.05, 0.1) is 6.10 Å². The number of rotatable bonds is 4. The first-order valence-corrected chi connectivity index (χ1v) is 5.42. The highest BCUT2D eigenvalue weighted by Crippen LogP contribution is 2.21. The van der Waals surface area contributed by atoms with E-state index in [1.165, 1.54) is 0 Å². The summed E-state index contributed by atoms with van der Waals surface area (Å²) in [6.07, 6.45) is 1.16. The fraction of sp³-hybridized carbons (Fsp3) is 0.583. The largest absolute Gasteiger partial charge is 0.474 e. The van der Waals surface area contributed by atoms with Crippen LogP contribution in [0.1, 0.15) is 37.1 Å². The summed E-state index contributed by atoms with van der Waals surface area (Å²) in [7, 11) is 0. The Hall–Kier alpha value is -1.09. The summed E-state index contributed by atoms with van der Waals surface area (Å²) >= 11 is 0. The molecule has 0 amide bonds. The molecule has 3 nitrogen and oxygen atoms in total. The summed E-state index contributed by atoms with van der Waals surface area (Å²) < 4.78 is 5.76. The van der Waals surface area contributed by atoms with Crippen LogP contribution in [0, 0.1) is 13.8 Å². The second kappa shape index (κ2) is 5.12. The van der Waals surface area contributed by atoms with Gasteiger partial charge in [-0.05, 0) is 38.8 Å². The van der Waals surface area contributed by atoms with Crippen LogP contribution < -0.4 is 10.5 Å². The lowest BCUT2D eigenvalue weighted by molar-refractivity contribution is 0.206. The molecule has 0 aromatic carbocycles. The first-order valence-electron chi connectivity index (χ1n) is 5.42. The van der Waals surface area contributed by atoms with Crippen LogP contribution in [0.3, 0.4) is 0 Å². The predicted molar refractivity (Wildman–Crippen MR) is 62.0 cm³/mol. The van der Waals surface area contributed by atoms with Gasteiger partial charge in [0.25, 0.3) is 0 Å². The molecule has 0 aliphatic heterocycles. The smallest absolute Gasteiger partial charge is 0.218 e. The highest BCUT2D eigenvalue weighted by Gasteiger charge is 2.10. The molecule has 1 heterocycles. The van der Waals surface area contributed by atoms with Crippen LogP contribution in [-0.2, 0) is 6.54 Å². The predicted octanol–water partition coefficient (Wildman–Crippen LogP) is 2.33. The third kappa shape index (κ3) is 2.93. The van der Waals surface area contributed by atoms with E-state index in [-0.39, 0.29) is 6.10 Å². The minimum Gasteiger partial charge on any atom is -0.474 e. The normalized spacial score (nSPS) is 12.6. The van der Waals surface area contributed by atoms with Crippen molar-refractivity contribution in [2.24, 2.45) is 5.73 Å². The van der Waals surface area contributed by atoms with Crippen LogP contribution >= 0.6 is 0 Å². The first kappa shape index (κ1) is 12.0. The lowest BCUT2D eigenvalue weighted by Crippen LogP contribution is -2.14. The zero-order chi connectivity index (χ0) is 11.4. The monoisotopic (exact) mass is 208 g/mol. The quantitative estimate of drug-likeness (QED) is 0.826. The lowest BCUT2D eigenvalue weighted by atomic mass is 10.1. The maximum atomic E-state index is 5.76. The van der Waals surface area contributed by atoms with E-state index >= 15 is 0 Å². The minimum absolute atomic E-state index is 0.184. The number of aromatic nitrogens is 1. The van der Waals surface area contributed by atoms with Gasteiger partial charge in [0.1, 0.15) is 0 Å². The summed E-state index contributed by atoms with van der Waals surface area (Å²) in [5.41, 5.74) is 8.84. The Balaban J connectivity index is 3.03. The number of hydrogen-bond donors (Lipinski definition) is 1. The van der Waals surface area contributed by atoms with E-state index in [4.69, 9.17) is 10.5 Å². The highest BCUT2D eigenvalue weighted by atomic mass is 16.5. The van der Waals surface area contributed by atoms with Crippen LogP contribution in [-0.4, -0.2) is 11.1 Å². The summed E-state index contributed by atoms with van der Waals surface area (Å²) in [6.45, 7) is 8.62. The van der Waals surface area contributed by atoms with Crippen LogP contribution in [0.5, 0.6) is 5.88 Å². The van der Waals surface area contributed by atoms with Crippen LogP contribution in [0.2, 0.25) is 0 Å². The molecule has 0 aliphatic carbocycles. The number of hydrogen-bond acceptors (Lipinski definition) is 3. The van der Waals surface area contributed by atoms with Crippen molar-refractivity contribution in [1.82, 2.24) is 4.98 Å². The maximum absolute atomic E-state index is 5.76. The average Bonchev–Trinajstić information content (AvgIpc) is 2.17. The topological polar surface area (TPSA) is 48.1 Å². The van der Waals surface area contributed by atoms with Crippen molar-refractivity contribution >= 4 is 0 Å². The van der Waals surface area contributed by atoms with Gasteiger partial charge in [-0.2, -0.15) is 0 Å². The summed E-state index contributed by atoms with van der Waals surface area (Å²) in [4.78, 5) is 4.39. The minimum atomic E-state index is 0.184. The Morgan fingerprint density at radius 3 is 2.67 bits per heavy atom. The van der Waals surface area contributed by atoms with Crippen molar-refractivity contribution < 1.29 is 4.74 Å². The number of aryl methyl sites for hydroxylation is 2. The number of nitrogens with two attached hydrogens (primary N) is 1. The van der Waals surface area contributed by atoms with Gasteiger partial charge >= 0.3 is 0 Å². The third-order valence-corrected chi connectivity index (χ3v) is 2.53. The van der Waals surface area contributed by atoms with Crippen molar-refractivity contribution in [3.8, 4) is 5.88 Å². The van der Waals surface area contributed by atoms with Crippen molar-refractivity contribution in [3.63, 3.8) is 0 Å². The van der Waals surface area contributed by atoms with Gasteiger partial charge in [0.15, 0.2) is 0 Å². The second-order valence-electron chi connectivity index (χ2n) is 3.91. The molecule has 1 atom stereocenters. The van der Waals surface area contributed by atoms with E-state index in [0.29, 0.717) is 12.4 Å². The van der Waals surface area contributed by atoms with Gasteiger partial charge in [0, 0.05) is 17.8 Å². The molecular weight excluding hydrogens is 188 g/mol. The molecule has 0 aliphatic rings. The summed E-state index contributed by atoms with van der Waals surface area (Å²) in [5.74, 6) is 0.698. The fourth-order valence-corrected chi connectivity index (χ4v) is 1.45. The van der Waals surface area contributed by atoms with Crippen LogP contribution in [0.4, 0.5) is 0 Å². The number of pyridine rings is 1. The van der Waals surface area contributed by atoms with Gasteiger partial charge in [0.2, 0.25) is 5.88 Å². The number of ether oxygens (including phenoxy) is 1. The zero-order valence-electron chi connectivity index (χ0n) is 10.0. The van der Waals surface area contributed by atoms with E-state index in [0.717, 1.165) is 23.2 Å². The van der Waals surface area contributed by atoms with Crippen molar-refractivity contribution in [2.75, 3.05) is 0 Å². The van der Waals surface area contributed by atoms with Gasteiger partial charge in [-0.3, -0.25) is 0 Å². The molecule has 84 valence electrons. The SMILES string of the molecule is CCC(C)Oc1nc(C)cc(C)c1CN. The molecular formula is C12H20N2O.